The molecule has 2 atom stereocenters. The summed E-state index contributed by atoms with van der Waals surface area (Å²) in [7, 11) is 0. The van der Waals surface area contributed by atoms with E-state index in [1.807, 2.05) is 20.8 Å². The Balaban J connectivity index is 2.00. The number of aliphatic carboxylic acids is 1. The summed E-state index contributed by atoms with van der Waals surface area (Å²) in [5.74, 6) is -2.36. The quantitative estimate of drug-likeness (QED) is 0.821. The Hall–Kier alpha value is -2.08. The molecule has 2 rings (SSSR count). The van der Waals surface area contributed by atoms with Gasteiger partial charge in [-0.2, -0.15) is 0 Å². The van der Waals surface area contributed by atoms with Crippen molar-refractivity contribution in [3.8, 4) is 0 Å². The molecule has 0 radical (unpaired) electrons. The number of nitrogens with one attached hydrogen (secondary N) is 1. The van der Waals surface area contributed by atoms with Crippen molar-refractivity contribution in [2.75, 3.05) is 19.6 Å². The molecule has 6 nitrogen and oxygen atoms in total. The molecule has 0 unspecified atom stereocenters. The van der Waals surface area contributed by atoms with Gasteiger partial charge in [0.25, 0.3) is 0 Å². The molecule has 0 aliphatic carbocycles. The summed E-state index contributed by atoms with van der Waals surface area (Å²) in [4.78, 5) is 37.4. The van der Waals surface area contributed by atoms with Gasteiger partial charge in [0.1, 0.15) is 0 Å². The molecule has 1 fully saturated rings. The minimum atomic E-state index is -0.933. The minimum absolute atomic E-state index is 0.116. The number of amides is 2. The number of carboxylic acid groups (broad SMARTS) is 1. The molecule has 0 aromatic heterocycles. The van der Waals surface area contributed by atoms with Crippen LogP contribution in [0.2, 0.25) is 5.02 Å². The maximum atomic E-state index is 12.4. The van der Waals surface area contributed by atoms with Gasteiger partial charge in [0.2, 0.25) is 11.8 Å². The van der Waals surface area contributed by atoms with Gasteiger partial charge in [0.15, 0.2) is 0 Å². The van der Waals surface area contributed by atoms with Gasteiger partial charge in [-0.25, -0.2) is 0 Å². The molecule has 0 saturated carbocycles. The number of carbonyl (C=O) groups excluding carboxylic acids is 2. The molecule has 1 aromatic rings. The summed E-state index contributed by atoms with van der Waals surface area (Å²) in [6.45, 7) is 6.17. The Morgan fingerprint density at radius 2 is 1.81 bits per heavy atom. The Kier molecular flexibility index (Phi) is 6.29. The molecule has 26 heavy (non-hydrogen) atoms. The van der Waals surface area contributed by atoms with Gasteiger partial charge in [0.05, 0.1) is 12.5 Å². The third-order valence-electron chi connectivity index (χ3n) is 4.42. The van der Waals surface area contributed by atoms with Crippen LogP contribution in [0.3, 0.4) is 0 Å². The number of hydrogen-bond donors (Lipinski definition) is 2. The maximum Gasteiger partial charge on any atom is 0.308 e. The van der Waals surface area contributed by atoms with Gasteiger partial charge >= 0.3 is 5.97 Å². The first-order valence-electron chi connectivity index (χ1n) is 8.59. The Morgan fingerprint density at radius 3 is 2.35 bits per heavy atom. The Bertz CT molecular complexity index is 682. The number of nitrogens with zero attached hydrogens (tertiary/aromatic N) is 1. The Labute approximate surface area is 158 Å². The van der Waals surface area contributed by atoms with Crippen LogP contribution < -0.4 is 5.32 Å². The zero-order chi connectivity index (χ0) is 19.5. The summed E-state index contributed by atoms with van der Waals surface area (Å²) >= 11 is 5.89. The average molecular weight is 381 g/mol. The van der Waals surface area contributed by atoms with Crippen LogP contribution in [0.15, 0.2) is 24.3 Å². The number of halogens is 1. The number of hydrogen-bond acceptors (Lipinski definition) is 3. The highest BCUT2D eigenvalue weighted by Gasteiger charge is 2.40. The number of likely N-dealkylation sites (tertiary alicyclic amines) is 1. The highest BCUT2D eigenvalue weighted by atomic mass is 35.5. The van der Waals surface area contributed by atoms with E-state index in [0.717, 1.165) is 5.56 Å². The largest absolute Gasteiger partial charge is 0.481 e. The molecule has 2 amide bonds. The molecule has 1 aromatic carbocycles. The van der Waals surface area contributed by atoms with E-state index in [0.29, 0.717) is 18.0 Å². The van der Waals surface area contributed by atoms with Crippen LogP contribution in [0.4, 0.5) is 0 Å². The second kappa shape index (κ2) is 8.08. The van der Waals surface area contributed by atoms with Crippen LogP contribution in [0.25, 0.3) is 0 Å². The number of carboxylic acids is 1. The van der Waals surface area contributed by atoms with E-state index in [-0.39, 0.29) is 36.2 Å². The lowest BCUT2D eigenvalue weighted by atomic mass is 9.89. The van der Waals surface area contributed by atoms with Crippen molar-refractivity contribution in [2.24, 2.45) is 11.3 Å². The predicted octanol–water partition coefficient (Wildman–Crippen LogP) is 2.52. The summed E-state index contributed by atoms with van der Waals surface area (Å²) in [6.07, 6.45) is 0.325. The zero-order valence-electron chi connectivity index (χ0n) is 15.3. The standard InChI is InChI=1S/C19H25ClN2O4/c1-19(2,3)8-16(23)21-9-17(24)22-10-14(15(11-22)18(25)26)12-4-6-13(20)7-5-12/h4-7,14-15H,8-11H2,1-3H3,(H,21,23)(H,25,26)/t14-,15+/m0/s1. The first-order chi connectivity index (χ1) is 12.1. The molecule has 1 aliphatic heterocycles. The molecule has 0 bridgehead atoms. The molecule has 2 N–H and O–H groups in total. The third kappa shape index (κ3) is 5.46. The third-order valence-corrected chi connectivity index (χ3v) is 4.67. The van der Waals surface area contributed by atoms with Crippen LogP contribution in [-0.4, -0.2) is 47.4 Å². The van der Waals surface area contributed by atoms with E-state index in [1.165, 1.54) is 4.90 Å². The van der Waals surface area contributed by atoms with Crippen molar-refractivity contribution in [3.05, 3.63) is 34.9 Å². The van der Waals surface area contributed by atoms with Gasteiger partial charge in [0, 0.05) is 30.5 Å². The topological polar surface area (TPSA) is 86.7 Å². The predicted molar refractivity (Wildman–Crippen MR) is 99.0 cm³/mol. The van der Waals surface area contributed by atoms with Crippen LogP contribution in [-0.2, 0) is 14.4 Å². The van der Waals surface area contributed by atoms with Crippen molar-refractivity contribution in [1.82, 2.24) is 10.2 Å². The van der Waals surface area contributed by atoms with Gasteiger partial charge in [-0.15, -0.1) is 0 Å². The highest BCUT2D eigenvalue weighted by molar-refractivity contribution is 6.30. The fraction of sp³-hybridized carbons (Fsp3) is 0.526. The van der Waals surface area contributed by atoms with Gasteiger partial charge < -0.3 is 15.3 Å². The van der Waals surface area contributed by atoms with Crippen molar-refractivity contribution < 1.29 is 19.5 Å². The lowest BCUT2D eigenvalue weighted by Crippen LogP contribution is -2.40. The highest BCUT2D eigenvalue weighted by Crippen LogP contribution is 2.33. The number of carbonyl (C=O) groups is 3. The molecule has 0 spiro atoms. The van der Waals surface area contributed by atoms with E-state index in [4.69, 9.17) is 11.6 Å². The second-order valence-electron chi connectivity index (χ2n) is 7.92. The molecule has 142 valence electrons. The zero-order valence-corrected chi connectivity index (χ0v) is 16.0. The van der Waals surface area contributed by atoms with Crippen molar-refractivity contribution in [2.45, 2.75) is 33.1 Å². The Morgan fingerprint density at radius 1 is 1.19 bits per heavy atom. The lowest BCUT2D eigenvalue weighted by Gasteiger charge is -2.19. The van der Waals surface area contributed by atoms with Crippen LogP contribution in [0.1, 0.15) is 38.7 Å². The molecular weight excluding hydrogens is 356 g/mol. The van der Waals surface area contributed by atoms with Gasteiger partial charge in [-0.3, -0.25) is 14.4 Å². The van der Waals surface area contributed by atoms with Gasteiger partial charge in [-0.1, -0.05) is 44.5 Å². The summed E-state index contributed by atoms with van der Waals surface area (Å²) in [6, 6.07) is 7.02. The number of rotatable bonds is 5. The second-order valence-corrected chi connectivity index (χ2v) is 8.35. The summed E-state index contributed by atoms with van der Waals surface area (Å²) < 4.78 is 0. The fourth-order valence-electron chi connectivity index (χ4n) is 3.14. The SMILES string of the molecule is CC(C)(C)CC(=O)NCC(=O)N1C[C@@H](C(=O)O)[C@H](c2ccc(Cl)cc2)C1. The molecule has 1 heterocycles. The molecule has 1 aliphatic rings. The van der Waals surface area contributed by atoms with E-state index in [1.54, 1.807) is 24.3 Å². The molecule has 1 saturated heterocycles. The first-order valence-corrected chi connectivity index (χ1v) is 8.97. The van der Waals surface area contributed by atoms with Crippen LogP contribution >= 0.6 is 11.6 Å². The summed E-state index contributed by atoms with van der Waals surface area (Å²) in [5.41, 5.74) is 0.684. The average Bonchev–Trinajstić information content (AvgIpc) is 2.97. The van der Waals surface area contributed by atoms with Crippen molar-refractivity contribution >= 4 is 29.4 Å². The monoisotopic (exact) mass is 380 g/mol. The first kappa shape index (κ1) is 20.2. The van der Waals surface area contributed by atoms with E-state index < -0.39 is 11.9 Å². The van der Waals surface area contributed by atoms with Crippen molar-refractivity contribution in [3.63, 3.8) is 0 Å². The lowest BCUT2D eigenvalue weighted by molar-refractivity contribution is -0.142. The van der Waals surface area contributed by atoms with Gasteiger partial charge in [-0.05, 0) is 23.1 Å². The molecular formula is C19H25ClN2O4. The fourth-order valence-corrected chi connectivity index (χ4v) is 3.26. The van der Waals surface area contributed by atoms with E-state index >= 15 is 0 Å². The van der Waals surface area contributed by atoms with E-state index in [2.05, 4.69) is 5.32 Å². The van der Waals surface area contributed by atoms with Crippen LogP contribution in [0, 0.1) is 11.3 Å². The van der Waals surface area contributed by atoms with E-state index in [9.17, 15) is 19.5 Å². The maximum absolute atomic E-state index is 12.4. The number of benzene rings is 1. The summed E-state index contributed by atoms with van der Waals surface area (Å²) in [5, 5.41) is 12.7. The smallest absolute Gasteiger partial charge is 0.308 e. The van der Waals surface area contributed by atoms with Crippen molar-refractivity contribution in [1.29, 1.82) is 0 Å². The minimum Gasteiger partial charge on any atom is -0.481 e. The molecule has 7 heteroatoms. The normalized spacial score (nSPS) is 20.1. The van der Waals surface area contributed by atoms with Crippen LogP contribution in [0.5, 0.6) is 0 Å².